The van der Waals surface area contributed by atoms with Gasteiger partial charge in [0.2, 0.25) is 0 Å². The number of hydrogen-bond acceptors (Lipinski definition) is 3. The molecule has 2 atom stereocenters. The molecule has 0 saturated carbocycles. The van der Waals surface area contributed by atoms with Gasteiger partial charge in [0.25, 0.3) is 5.91 Å². The molecule has 116 valence electrons. The van der Waals surface area contributed by atoms with Gasteiger partial charge >= 0.3 is 0 Å². The van der Waals surface area contributed by atoms with Crippen molar-refractivity contribution in [2.75, 3.05) is 6.26 Å². The van der Waals surface area contributed by atoms with E-state index in [-0.39, 0.29) is 5.56 Å². The van der Waals surface area contributed by atoms with Gasteiger partial charge in [-0.15, -0.1) is 0 Å². The Bertz CT molecular complexity index is 795. The van der Waals surface area contributed by atoms with Crippen molar-refractivity contribution >= 4 is 15.6 Å². The van der Waals surface area contributed by atoms with Gasteiger partial charge in [-0.1, -0.05) is 18.2 Å². The molecule has 7 heteroatoms. The minimum Gasteiger partial charge on any atom is -0.378 e. The van der Waals surface area contributed by atoms with Crippen molar-refractivity contribution in [1.82, 2.24) is 0 Å². The lowest BCUT2D eigenvalue weighted by Gasteiger charge is -2.09. The molecular weight excluding hydrogens is 312 g/mol. The van der Waals surface area contributed by atoms with Gasteiger partial charge in [-0.3, -0.25) is 4.79 Å². The molecular formula is C15H13F2NO3S. The summed E-state index contributed by atoms with van der Waals surface area (Å²) in [4.78, 5) is 12.2. The Labute approximate surface area is 126 Å². The van der Waals surface area contributed by atoms with Gasteiger partial charge in [0.15, 0.2) is 6.10 Å². The van der Waals surface area contributed by atoms with Crippen LogP contribution in [-0.4, -0.2) is 21.5 Å². The van der Waals surface area contributed by atoms with Gasteiger partial charge in [-0.05, 0) is 29.8 Å². The highest BCUT2D eigenvalue weighted by atomic mass is 32.2. The monoisotopic (exact) mass is 325 g/mol. The first-order chi connectivity index (χ1) is 10.3. The van der Waals surface area contributed by atoms with Crippen molar-refractivity contribution in [3.05, 3.63) is 65.7 Å². The molecule has 22 heavy (non-hydrogen) atoms. The number of carbonyl (C=O) groups excluding carboxylic acids is 1. The van der Waals surface area contributed by atoms with Crippen LogP contribution in [0.25, 0.3) is 0 Å². The summed E-state index contributed by atoms with van der Waals surface area (Å²) in [5, 5.41) is 9.85. The molecule has 2 aromatic carbocycles. The fourth-order valence-corrected chi connectivity index (χ4v) is 3.03. The zero-order valence-electron chi connectivity index (χ0n) is 11.6. The second kappa shape index (κ2) is 6.33. The van der Waals surface area contributed by atoms with E-state index in [0.29, 0.717) is 11.0 Å². The highest BCUT2D eigenvalue weighted by Crippen LogP contribution is 2.19. The van der Waals surface area contributed by atoms with Gasteiger partial charge in [-0.25, -0.2) is 13.0 Å². The smallest absolute Gasteiger partial charge is 0.287 e. The molecule has 2 aromatic rings. The van der Waals surface area contributed by atoms with Gasteiger partial charge < -0.3 is 5.11 Å². The van der Waals surface area contributed by atoms with Crippen LogP contribution in [-0.2, 0) is 14.5 Å². The minimum absolute atomic E-state index is 0.283. The first-order valence-electron chi connectivity index (χ1n) is 6.25. The molecule has 0 aliphatic rings. The highest BCUT2D eigenvalue weighted by molar-refractivity contribution is 7.93. The molecule has 0 fully saturated rings. The Kier molecular flexibility index (Phi) is 4.68. The molecule has 0 radical (unpaired) electrons. The van der Waals surface area contributed by atoms with E-state index >= 15 is 0 Å². The SMILES string of the molecule is CS(=O)(=NC(=O)C(O)c1cc(F)cc(F)c1)c1ccccc1. The normalized spacial score (nSPS) is 14.9. The maximum absolute atomic E-state index is 13.1. The van der Waals surface area contributed by atoms with Crippen LogP contribution in [0.15, 0.2) is 57.8 Å². The lowest BCUT2D eigenvalue weighted by molar-refractivity contribution is -0.125. The number of rotatable bonds is 3. The van der Waals surface area contributed by atoms with Crippen LogP contribution in [0.4, 0.5) is 8.78 Å². The molecule has 0 aromatic heterocycles. The first-order valence-corrected chi connectivity index (χ1v) is 8.17. The number of halogens is 2. The van der Waals surface area contributed by atoms with Crippen LogP contribution in [0.5, 0.6) is 0 Å². The quantitative estimate of drug-likeness (QED) is 0.943. The minimum atomic E-state index is -3.05. The van der Waals surface area contributed by atoms with E-state index in [1.54, 1.807) is 18.2 Å². The molecule has 0 heterocycles. The topological polar surface area (TPSA) is 66.7 Å². The molecule has 2 unspecified atom stereocenters. The largest absolute Gasteiger partial charge is 0.378 e. The summed E-state index contributed by atoms with van der Waals surface area (Å²) in [5.74, 6) is -2.98. The summed E-state index contributed by atoms with van der Waals surface area (Å²) in [7, 11) is -3.05. The number of amides is 1. The van der Waals surface area contributed by atoms with E-state index in [4.69, 9.17) is 0 Å². The van der Waals surface area contributed by atoms with E-state index in [2.05, 4.69) is 4.36 Å². The summed E-state index contributed by atoms with van der Waals surface area (Å²) in [6, 6.07) is 10.3. The summed E-state index contributed by atoms with van der Waals surface area (Å²) in [6.07, 6.45) is -0.631. The van der Waals surface area contributed by atoms with Gasteiger partial charge in [0.1, 0.15) is 11.6 Å². The molecule has 1 N–H and O–H groups in total. The van der Waals surface area contributed by atoms with E-state index in [1.807, 2.05) is 0 Å². The first kappa shape index (κ1) is 16.3. The molecule has 0 bridgehead atoms. The Morgan fingerprint density at radius 3 is 2.23 bits per heavy atom. The van der Waals surface area contributed by atoms with Crippen molar-refractivity contribution in [3.8, 4) is 0 Å². The van der Waals surface area contributed by atoms with Crippen LogP contribution < -0.4 is 0 Å². The van der Waals surface area contributed by atoms with E-state index in [1.165, 1.54) is 18.4 Å². The molecule has 0 saturated heterocycles. The predicted octanol–water partition coefficient (Wildman–Crippen LogP) is 2.68. The van der Waals surface area contributed by atoms with Crippen molar-refractivity contribution in [1.29, 1.82) is 0 Å². The van der Waals surface area contributed by atoms with Crippen LogP contribution in [0.2, 0.25) is 0 Å². The Morgan fingerprint density at radius 1 is 1.14 bits per heavy atom. The van der Waals surface area contributed by atoms with E-state index < -0.39 is 33.4 Å². The third kappa shape index (κ3) is 3.75. The van der Waals surface area contributed by atoms with E-state index in [0.717, 1.165) is 12.1 Å². The molecule has 1 amide bonds. The van der Waals surface area contributed by atoms with Crippen molar-refractivity contribution in [2.45, 2.75) is 11.0 Å². The van der Waals surface area contributed by atoms with Crippen molar-refractivity contribution in [2.24, 2.45) is 4.36 Å². The second-order valence-electron chi connectivity index (χ2n) is 4.65. The Morgan fingerprint density at radius 2 is 1.68 bits per heavy atom. The number of nitrogens with zero attached hydrogens (tertiary/aromatic N) is 1. The van der Waals surface area contributed by atoms with Gasteiger partial charge in [0, 0.05) is 17.2 Å². The molecule has 0 spiro atoms. The molecule has 2 rings (SSSR count). The number of hydrogen-bond donors (Lipinski definition) is 1. The lowest BCUT2D eigenvalue weighted by atomic mass is 10.1. The van der Waals surface area contributed by atoms with Crippen molar-refractivity contribution < 1.29 is 22.9 Å². The lowest BCUT2D eigenvalue weighted by Crippen LogP contribution is -2.13. The van der Waals surface area contributed by atoms with Crippen LogP contribution in [0, 0.1) is 11.6 Å². The third-order valence-corrected chi connectivity index (χ3v) is 4.55. The van der Waals surface area contributed by atoms with Crippen molar-refractivity contribution in [3.63, 3.8) is 0 Å². The summed E-state index contributed by atoms with van der Waals surface area (Å²) >= 11 is 0. The number of aliphatic hydroxyl groups excluding tert-OH is 1. The Balaban J connectivity index is 2.35. The number of aliphatic hydroxyl groups is 1. The van der Waals surface area contributed by atoms with Crippen LogP contribution in [0.1, 0.15) is 11.7 Å². The van der Waals surface area contributed by atoms with Gasteiger partial charge in [-0.2, -0.15) is 4.36 Å². The van der Waals surface area contributed by atoms with E-state index in [9.17, 15) is 22.9 Å². The zero-order chi connectivity index (χ0) is 16.3. The fraction of sp³-hybridized carbons (Fsp3) is 0.133. The fourth-order valence-electron chi connectivity index (χ4n) is 1.82. The van der Waals surface area contributed by atoms with Crippen LogP contribution in [0.3, 0.4) is 0 Å². The molecule has 0 aliphatic carbocycles. The standard InChI is InChI=1S/C15H13F2NO3S/c1-22(21,13-5-3-2-4-6-13)18-15(20)14(19)10-7-11(16)9-12(17)8-10/h2-9,14,19H,1H3. The molecule has 0 aliphatic heterocycles. The highest BCUT2D eigenvalue weighted by Gasteiger charge is 2.20. The maximum Gasteiger partial charge on any atom is 0.287 e. The molecule has 4 nitrogen and oxygen atoms in total. The summed E-state index contributed by atoms with van der Waals surface area (Å²) in [5.41, 5.74) is -0.283. The predicted molar refractivity (Wildman–Crippen MR) is 77.5 cm³/mol. The number of benzene rings is 2. The van der Waals surface area contributed by atoms with Gasteiger partial charge in [0.05, 0.1) is 9.73 Å². The third-order valence-electron chi connectivity index (χ3n) is 2.88. The summed E-state index contributed by atoms with van der Waals surface area (Å²) < 4.78 is 42.1. The van der Waals surface area contributed by atoms with Crippen LogP contribution >= 0.6 is 0 Å². The average Bonchev–Trinajstić information content (AvgIpc) is 2.46. The zero-order valence-corrected chi connectivity index (χ0v) is 12.4. The average molecular weight is 325 g/mol. The Hall–Kier alpha value is -2.12. The number of carbonyl (C=O) groups is 1. The second-order valence-corrected chi connectivity index (χ2v) is 6.91. The maximum atomic E-state index is 13.1. The summed E-state index contributed by atoms with van der Waals surface area (Å²) in [6.45, 7) is 0.